The average molecular weight is 742 g/mol. The highest BCUT2D eigenvalue weighted by atomic mass is 19.4. The van der Waals surface area contributed by atoms with E-state index in [0.717, 1.165) is 94.6 Å². The Labute approximate surface area is 328 Å². The van der Waals surface area contributed by atoms with Gasteiger partial charge in [0.25, 0.3) is 0 Å². The molecule has 0 aliphatic carbocycles. The fourth-order valence-corrected chi connectivity index (χ4v) is 8.44. The molecule has 0 atom stereocenters. The number of alkyl halides is 3. The molecule has 0 amide bonds. The van der Waals surface area contributed by atoms with Crippen LogP contribution in [0.3, 0.4) is 0 Å². The molecule has 0 spiro atoms. The topological polar surface area (TPSA) is 3.24 Å². The first-order chi connectivity index (χ1) is 27.9. The third kappa shape index (κ3) is 6.07. The fourth-order valence-electron chi connectivity index (χ4n) is 8.44. The van der Waals surface area contributed by atoms with Gasteiger partial charge in [0.15, 0.2) is 0 Å². The largest absolute Gasteiger partial charge is 0.416 e. The van der Waals surface area contributed by atoms with E-state index in [1.807, 2.05) is 24.3 Å². The molecule has 0 bridgehead atoms. The number of halogens is 3. The number of anilines is 3. The highest BCUT2D eigenvalue weighted by molar-refractivity contribution is 6.33. The summed E-state index contributed by atoms with van der Waals surface area (Å²) in [6.45, 7) is 0. The Morgan fingerprint density at radius 2 is 0.842 bits per heavy atom. The fraction of sp³-hybridized carbons (Fsp3) is 0.0189. The van der Waals surface area contributed by atoms with E-state index in [1.165, 1.54) is 5.39 Å². The van der Waals surface area contributed by atoms with Crippen molar-refractivity contribution in [2.45, 2.75) is 6.18 Å². The summed E-state index contributed by atoms with van der Waals surface area (Å²) in [4.78, 5) is 2.05. The van der Waals surface area contributed by atoms with Crippen molar-refractivity contribution in [3.63, 3.8) is 0 Å². The van der Waals surface area contributed by atoms with Crippen molar-refractivity contribution in [1.82, 2.24) is 0 Å². The lowest BCUT2D eigenvalue weighted by Gasteiger charge is -2.27. The highest BCUT2D eigenvalue weighted by Gasteiger charge is 2.30. The van der Waals surface area contributed by atoms with Crippen LogP contribution >= 0.6 is 0 Å². The van der Waals surface area contributed by atoms with Crippen LogP contribution in [-0.2, 0) is 6.18 Å². The lowest BCUT2D eigenvalue weighted by molar-refractivity contribution is -0.137. The second-order valence-corrected chi connectivity index (χ2v) is 14.4. The highest BCUT2D eigenvalue weighted by Crippen LogP contribution is 2.50. The first kappa shape index (κ1) is 34.3. The molecule has 0 aliphatic heterocycles. The molecule has 10 aromatic carbocycles. The third-order valence-corrected chi connectivity index (χ3v) is 11.0. The molecule has 57 heavy (non-hydrogen) atoms. The van der Waals surface area contributed by atoms with E-state index in [-0.39, 0.29) is 0 Å². The normalized spacial score (nSPS) is 11.8. The van der Waals surface area contributed by atoms with Crippen molar-refractivity contribution < 1.29 is 13.2 Å². The summed E-state index contributed by atoms with van der Waals surface area (Å²) in [7, 11) is 0. The van der Waals surface area contributed by atoms with Crippen LogP contribution < -0.4 is 4.90 Å². The molecule has 0 aromatic heterocycles. The van der Waals surface area contributed by atoms with Crippen LogP contribution in [0.2, 0.25) is 0 Å². The molecule has 10 aromatic rings. The Kier molecular flexibility index (Phi) is 8.34. The Hall–Kier alpha value is -7.17. The summed E-state index contributed by atoms with van der Waals surface area (Å²) >= 11 is 0. The molecular formula is C53H34F3N. The summed E-state index contributed by atoms with van der Waals surface area (Å²) < 4.78 is 41.4. The predicted octanol–water partition coefficient (Wildman–Crippen LogP) is 15.8. The molecule has 272 valence electrons. The van der Waals surface area contributed by atoms with Crippen LogP contribution in [0.1, 0.15) is 5.56 Å². The van der Waals surface area contributed by atoms with Gasteiger partial charge in [-0.05, 0) is 131 Å². The van der Waals surface area contributed by atoms with Gasteiger partial charge in [0.05, 0.1) is 5.56 Å². The minimum Gasteiger partial charge on any atom is -0.310 e. The van der Waals surface area contributed by atoms with E-state index in [9.17, 15) is 13.2 Å². The molecule has 0 radical (unpaired) electrons. The van der Waals surface area contributed by atoms with Crippen LogP contribution in [0.15, 0.2) is 206 Å². The Morgan fingerprint density at radius 3 is 1.51 bits per heavy atom. The molecular weight excluding hydrogens is 708 g/mol. The molecule has 0 heterocycles. The average Bonchev–Trinajstić information content (AvgIpc) is 3.26. The van der Waals surface area contributed by atoms with Crippen LogP contribution in [0.25, 0.3) is 76.5 Å². The zero-order valence-corrected chi connectivity index (χ0v) is 30.7. The summed E-state index contributed by atoms with van der Waals surface area (Å²) in [6, 6.07) is 69.0. The zero-order valence-electron chi connectivity index (χ0n) is 30.7. The van der Waals surface area contributed by atoms with Gasteiger partial charge in [-0.2, -0.15) is 13.2 Å². The molecule has 0 saturated heterocycles. The zero-order chi connectivity index (χ0) is 38.5. The third-order valence-electron chi connectivity index (χ3n) is 11.0. The van der Waals surface area contributed by atoms with Crippen molar-refractivity contribution in [2.24, 2.45) is 0 Å². The SMILES string of the molecule is FC(F)(F)c1ccc(N(c2ccc3ccccc3c2)c2ccc3c(c2)c2ccccc2c2c(-c4ccccc4)cc(-c4ccccc4)c(-c4ccccc4)c32)cc1. The first-order valence-electron chi connectivity index (χ1n) is 19.0. The van der Waals surface area contributed by atoms with Gasteiger partial charge in [-0.15, -0.1) is 0 Å². The summed E-state index contributed by atoms with van der Waals surface area (Å²) in [6.07, 6.45) is -4.44. The lowest BCUT2D eigenvalue weighted by atomic mass is 9.81. The van der Waals surface area contributed by atoms with Gasteiger partial charge in [-0.3, -0.25) is 0 Å². The molecule has 0 saturated carbocycles. The maximum absolute atomic E-state index is 13.8. The Balaban J connectivity index is 1.33. The number of benzene rings is 10. The van der Waals surface area contributed by atoms with Crippen molar-refractivity contribution >= 4 is 60.2 Å². The van der Waals surface area contributed by atoms with Crippen LogP contribution in [0.4, 0.5) is 30.2 Å². The van der Waals surface area contributed by atoms with Crippen LogP contribution in [0, 0.1) is 0 Å². The second kappa shape index (κ2) is 13.8. The molecule has 10 rings (SSSR count). The smallest absolute Gasteiger partial charge is 0.310 e. The van der Waals surface area contributed by atoms with Crippen molar-refractivity contribution in [2.75, 3.05) is 4.90 Å². The first-order valence-corrected chi connectivity index (χ1v) is 19.0. The van der Waals surface area contributed by atoms with Gasteiger partial charge in [0.1, 0.15) is 0 Å². The standard InChI is InChI=1S/C53H34F3N/c54-53(55,56)40-25-28-41(29-26-40)57(42-27-24-35-14-10-11-21-39(35)32-42)43-30-31-46-49(33-43)44-22-12-13-23-45(44)51-48(37-17-6-2-7-18-37)34-47(36-15-4-1-5-16-36)50(52(46)51)38-19-8-3-9-20-38/h1-34H. The Bertz CT molecular complexity index is 3080. The Morgan fingerprint density at radius 1 is 0.333 bits per heavy atom. The van der Waals surface area contributed by atoms with Gasteiger partial charge in [0.2, 0.25) is 0 Å². The van der Waals surface area contributed by atoms with Crippen molar-refractivity contribution in [3.8, 4) is 33.4 Å². The molecule has 0 fully saturated rings. The summed E-state index contributed by atoms with van der Waals surface area (Å²) in [5, 5.41) is 8.80. The van der Waals surface area contributed by atoms with Crippen molar-refractivity contribution in [1.29, 1.82) is 0 Å². The number of nitrogens with zero attached hydrogens (tertiary/aromatic N) is 1. The monoisotopic (exact) mass is 741 g/mol. The number of rotatable bonds is 6. The van der Waals surface area contributed by atoms with E-state index in [2.05, 4.69) is 163 Å². The number of fused-ring (bicyclic) bond motifs is 7. The maximum Gasteiger partial charge on any atom is 0.416 e. The minimum atomic E-state index is -4.44. The summed E-state index contributed by atoms with van der Waals surface area (Å²) in [5.74, 6) is 0. The van der Waals surface area contributed by atoms with Crippen LogP contribution in [0.5, 0.6) is 0 Å². The van der Waals surface area contributed by atoms with E-state index in [0.29, 0.717) is 5.69 Å². The van der Waals surface area contributed by atoms with E-state index < -0.39 is 11.7 Å². The number of hydrogen-bond donors (Lipinski definition) is 0. The predicted molar refractivity (Wildman–Crippen MR) is 232 cm³/mol. The molecule has 1 nitrogen and oxygen atoms in total. The number of hydrogen-bond acceptors (Lipinski definition) is 1. The van der Waals surface area contributed by atoms with Gasteiger partial charge < -0.3 is 4.90 Å². The maximum atomic E-state index is 13.8. The minimum absolute atomic E-state index is 0.630. The molecule has 4 heteroatoms. The van der Waals surface area contributed by atoms with Gasteiger partial charge in [-0.25, -0.2) is 0 Å². The van der Waals surface area contributed by atoms with E-state index >= 15 is 0 Å². The van der Waals surface area contributed by atoms with Crippen LogP contribution in [-0.4, -0.2) is 0 Å². The van der Waals surface area contributed by atoms with Crippen molar-refractivity contribution in [3.05, 3.63) is 212 Å². The van der Waals surface area contributed by atoms with Gasteiger partial charge >= 0.3 is 6.18 Å². The van der Waals surface area contributed by atoms with Gasteiger partial charge in [0, 0.05) is 17.1 Å². The lowest BCUT2D eigenvalue weighted by Crippen LogP contribution is -2.11. The van der Waals surface area contributed by atoms with Gasteiger partial charge in [-0.1, -0.05) is 152 Å². The molecule has 0 unspecified atom stereocenters. The quantitative estimate of drug-likeness (QED) is 0.153. The molecule has 0 aliphatic rings. The van der Waals surface area contributed by atoms with E-state index in [4.69, 9.17) is 0 Å². The second-order valence-electron chi connectivity index (χ2n) is 14.4. The molecule has 0 N–H and O–H groups in total. The van der Waals surface area contributed by atoms with E-state index in [1.54, 1.807) is 12.1 Å². The summed E-state index contributed by atoms with van der Waals surface area (Å²) in [5.41, 5.74) is 8.43.